The van der Waals surface area contributed by atoms with Crippen LogP contribution < -0.4 is 0 Å². The molecule has 0 bridgehead atoms. The minimum Gasteiger partial charge on any atom is -0.338 e. The van der Waals surface area contributed by atoms with Gasteiger partial charge in [-0.25, -0.2) is 4.39 Å². The van der Waals surface area contributed by atoms with Crippen LogP contribution in [0.1, 0.15) is 29.3 Å². The van der Waals surface area contributed by atoms with Gasteiger partial charge < -0.3 is 9.42 Å². The monoisotopic (exact) mass is 385 g/mol. The highest BCUT2D eigenvalue weighted by atomic mass is 35.5. The van der Waals surface area contributed by atoms with Crippen LogP contribution in [-0.4, -0.2) is 27.5 Å². The number of hydrogen-bond acceptors (Lipinski definition) is 4. The maximum Gasteiger partial charge on any atom is 0.257 e. The van der Waals surface area contributed by atoms with Crippen LogP contribution in [-0.2, 0) is 11.3 Å². The third kappa shape index (κ3) is 3.71. The van der Waals surface area contributed by atoms with Gasteiger partial charge in [-0.1, -0.05) is 40.5 Å². The molecule has 2 aromatic carbocycles. The van der Waals surface area contributed by atoms with E-state index in [-0.39, 0.29) is 11.8 Å². The molecule has 138 valence electrons. The summed E-state index contributed by atoms with van der Waals surface area (Å²) in [5.41, 5.74) is 2.67. The molecule has 1 atom stereocenters. The lowest BCUT2D eigenvalue weighted by molar-refractivity contribution is -0.128. The number of amides is 1. The Morgan fingerprint density at radius 1 is 1.30 bits per heavy atom. The maximum atomic E-state index is 13.2. The summed E-state index contributed by atoms with van der Waals surface area (Å²) in [7, 11) is 0. The van der Waals surface area contributed by atoms with Crippen molar-refractivity contribution in [2.75, 3.05) is 6.54 Å². The second-order valence-corrected chi connectivity index (χ2v) is 7.15. The molecular formula is C20H17ClFN3O2. The highest BCUT2D eigenvalue weighted by Gasteiger charge is 2.34. The molecule has 1 aliphatic heterocycles. The number of aromatic nitrogens is 2. The van der Waals surface area contributed by atoms with Crippen molar-refractivity contribution in [3.05, 3.63) is 70.3 Å². The lowest BCUT2D eigenvalue weighted by Crippen LogP contribution is -2.24. The van der Waals surface area contributed by atoms with Gasteiger partial charge in [-0.05, 0) is 36.8 Å². The van der Waals surface area contributed by atoms with Crippen molar-refractivity contribution in [1.82, 2.24) is 15.0 Å². The molecule has 7 heteroatoms. The van der Waals surface area contributed by atoms with E-state index in [2.05, 4.69) is 10.1 Å². The van der Waals surface area contributed by atoms with Crippen molar-refractivity contribution >= 4 is 17.5 Å². The molecule has 1 saturated heterocycles. The zero-order valence-electron chi connectivity index (χ0n) is 14.7. The van der Waals surface area contributed by atoms with Crippen LogP contribution in [0.2, 0.25) is 5.02 Å². The van der Waals surface area contributed by atoms with Gasteiger partial charge in [-0.3, -0.25) is 4.79 Å². The summed E-state index contributed by atoms with van der Waals surface area (Å²) < 4.78 is 18.6. The Kier molecular flexibility index (Phi) is 4.66. The fourth-order valence-corrected chi connectivity index (χ4v) is 3.48. The standard InChI is InChI=1S/C20H17ClFN3O2/c1-12-3-2-4-13(7-12)20-23-19(24-27-20)15-8-18(26)25(11-15)10-14-5-6-16(22)9-17(14)21/h2-7,9,15H,8,10-11H2,1H3. The average molecular weight is 386 g/mol. The summed E-state index contributed by atoms with van der Waals surface area (Å²) in [6.07, 6.45) is 0.311. The number of hydrogen-bond donors (Lipinski definition) is 0. The SMILES string of the molecule is Cc1cccc(-c2nc(C3CC(=O)N(Cc4ccc(F)cc4Cl)C3)no2)c1. The predicted octanol–water partition coefficient (Wildman–Crippen LogP) is 4.35. The Morgan fingerprint density at radius 3 is 2.93 bits per heavy atom. The number of likely N-dealkylation sites (tertiary alicyclic amines) is 1. The van der Waals surface area contributed by atoms with E-state index in [1.807, 2.05) is 31.2 Å². The summed E-state index contributed by atoms with van der Waals surface area (Å²) in [6, 6.07) is 12.0. The van der Waals surface area contributed by atoms with E-state index in [1.165, 1.54) is 12.1 Å². The van der Waals surface area contributed by atoms with Gasteiger partial charge in [0, 0.05) is 36.0 Å². The number of nitrogens with zero attached hydrogens (tertiary/aromatic N) is 3. The van der Waals surface area contributed by atoms with Crippen molar-refractivity contribution in [2.24, 2.45) is 0 Å². The molecule has 2 heterocycles. The van der Waals surface area contributed by atoms with Gasteiger partial charge in [-0.15, -0.1) is 0 Å². The first kappa shape index (κ1) is 17.7. The zero-order chi connectivity index (χ0) is 19.0. The van der Waals surface area contributed by atoms with E-state index in [1.54, 1.807) is 11.0 Å². The Balaban J connectivity index is 1.49. The van der Waals surface area contributed by atoms with Crippen molar-refractivity contribution in [3.8, 4) is 11.5 Å². The van der Waals surface area contributed by atoms with Gasteiger partial charge in [-0.2, -0.15) is 4.98 Å². The Labute approximate surface area is 160 Å². The molecule has 0 N–H and O–H groups in total. The molecule has 1 fully saturated rings. The van der Waals surface area contributed by atoms with E-state index in [0.717, 1.165) is 11.1 Å². The number of rotatable bonds is 4. The van der Waals surface area contributed by atoms with Gasteiger partial charge >= 0.3 is 0 Å². The average Bonchev–Trinajstić information content (AvgIpc) is 3.25. The molecule has 0 aliphatic carbocycles. The van der Waals surface area contributed by atoms with Crippen molar-refractivity contribution in [2.45, 2.75) is 25.8 Å². The number of aryl methyl sites for hydroxylation is 1. The Hall–Kier alpha value is -2.73. The molecule has 4 rings (SSSR count). The second-order valence-electron chi connectivity index (χ2n) is 6.74. The first-order chi connectivity index (χ1) is 13.0. The molecule has 1 amide bonds. The van der Waals surface area contributed by atoms with E-state index in [0.29, 0.717) is 41.8 Å². The number of carbonyl (C=O) groups is 1. The van der Waals surface area contributed by atoms with Gasteiger partial charge in [0.1, 0.15) is 5.82 Å². The smallest absolute Gasteiger partial charge is 0.257 e. The van der Waals surface area contributed by atoms with Gasteiger partial charge in [0.2, 0.25) is 5.91 Å². The number of benzene rings is 2. The minimum absolute atomic E-state index is 0.0118. The molecule has 1 aliphatic rings. The third-order valence-electron chi connectivity index (χ3n) is 4.66. The Morgan fingerprint density at radius 2 is 2.15 bits per heavy atom. The zero-order valence-corrected chi connectivity index (χ0v) is 15.4. The molecule has 3 aromatic rings. The van der Waals surface area contributed by atoms with Crippen molar-refractivity contribution < 1.29 is 13.7 Å². The maximum absolute atomic E-state index is 13.2. The molecule has 0 spiro atoms. The first-order valence-corrected chi connectivity index (χ1v) is 9.00. The molecule has 1 aromatic heterocycles. The highest BCUT2D eigenvalue weighted by Crippen LogP contribution is 2.30. The highest BCUT2D eigenvalue weighted by molar-refractivity contribution is 6.31. The summed E-state index contributed by atoms with van der Waals surface area (Å²) in [4.78, 5) is 18.5. The summed E-state index contributed by atoms with van der Waals surface area (Å²) in [6.45, 7) is 2.80. The van der Waals surface area contributed by atoms with Crippen LogP contribution >= 0.6 is 11.6 Å². The predicted molar refractivity (Wildman–Crippen MR) is 98.7 cm³/mol. The minimum atomic E-state index is -0.398. The van der Waals surface area contributed by atoms with E-state index in [4.69, 9.17) is 16.1 Å². The van der Waals surface area contributed by atoms with E-state index in [9.17, 15) is 9.18 Å². The van der Waals surface area contributed by atoms with Gasteiger partial charge in [0.15, 0.2) is 5.82 Å². The van der Waals surface area contributed by atoms with Crippen LogP contribution in [0.5, 0.6) is 0 Å². The molecule has 5 nitrogen and oxygen atoms in total. The number of carbonyl (C=O) groups excluding carboxylic acids is 1. The largest absolute Gasteiger partial charge is 0.338 e. The lowest BCUT2D eigenvalue weighted by Gasteiger charge is -2.17. The molecular weight excluding hydrogens is 369 g/mol. The van der Waals surface area contributed by atoms with Crippen LogP contribution in [0, 0.1) is 12.7 Å². The first-order valence-electron chi connectivity index (χ1n) is 8.62. The van der Waals surface area contributed by atoms with Crippen LogP contribution in [0.3, 0.4) is 0 Å². The summed E-state index contributed by atoms with van der Waals surface area (Å²) in [5, 5.41) is 4.38. The van der Waals surface area contributed by atoms with E-state index < -0.39 is 5.82 Å². The number of halogens is 2. The lowest BCUT2D eigenvalue weighted by atomic mass is 10.1. The Bertz CT molecular complexity index is 1000. The van der Waals surface area contributed by atoms with Gasteiger partial charge in [0.25, 0.3) is 5.89 Å². The van der Waals surface area contributed by atoms with Crippen LogP contribution in [0.4, 0.5) is 4.39 Å². The quantitative estimate of drug-likeness (QED) is 0.669. The van der Waals surface area contributed by atoms with Crippen molar-refractivity contribution in [3.63, 3.8) is 0 Å². The van der Waals surface area contributed by atoms with E-state index >= 15 is 0 Å². The second kappa shape index (κ2) is 7.12. The van der Waals surface area contributed by atoms with Crippen LogP contribution in [0.15, 0.2) is 47.0 Å². The van der Waals surface area contributed by atoms with Gasteiger partial charge in [0.05, 0.1) is 0 Å². The normalized spacial score (nSPS) is 16.9. The molecule has 27 heavy (non-hydrogen) atoms. The third-order valence-corrected chi connectivity index (χ3v) is 5.01. The summed E-state index contributed by atoms with van der Waals surface area (Å²) in [5.74, 6) is 0.417. The van der Waals surface area contributed by atoms with Crippen molar-refractivity contribution in [1.29, 1.82) is 0 Å². The molecule has 0 saturated carbocycles. The topological polar surface area (TPSA) is 59.2 Å². The van der Waals surface area contributed by atoms with Crippen LogP contribution in [0.25, 0.3) is 11.5 Å². The molecule has 0 radical (unpaired) electrons. The molecule has 1 unspecified atom stereocenters. The fourth-order valence-electron chi connectivity index (χ4n) is 3.25. The fraction of sp³-hybridized carbons (Fsp3) is 0.250. The summed E-state index contributed by atoms with van der Waals surface area (Å²) >= 11 is 6.08.